The zero-order chi connectivity index (χ0) is 16.9. The average Bonchev–Trinajstić information content (AvgIpc) is 2.91. The van der Waals surface area contributed by atoms with Crippen molar-refractivity contribution in [3.8, 4) is 6.07 Å². The molecule has 0 saturated heterocycles. The zero-order valence-corrected chi connectivity index (χ0v) is 14.1. The number of rotatable bonds is 4. The highest BCUT2D eigenvalue weighted by atomic mass is 16.6. The number of benzene rings is 1. The summed E-state index contributed by atoms with van der Waals surface area (Å²) in [5.41, 5.74) is 1.13. The first-order chi connectivity index (χ1) is 10.9. The SMILES string of the molecule is CC(C)(C)OC(=O)NCC1CCCC1Nc1cccc(C#N)c1. The van der Waals surface area contributed by atoms with Gasteiger partial charge in [-0.05, 0) is 57.7 Å². The molecule has 0 aromatic heterocycles. The van der Waals surface area contributed by atoms with Gasteiger partial charge >= 0.3 is 6.09 Å². The zero-order valence-electron chi connectivity index (χ0n) is 14.1. The van der Waals surface area contributed by atoms with E-state index in [4.69, 9.17) is 10.00 Å². The van der Waals surface area contributed by atoms with Crippen LogP contribution in [0.3, 0.4) is 0 Å². The van der Waals surface area contributed by atoms with E-state index >= 15 is 0 Å². The molecule has 124 valence electrons. The van der Waals surface area contributed by atoms with Crippen LogP contribution in [0.2, 0.25) is 0 Å². The van der Waals surface area contributed by atoms with Crippen molar-refractivity contribution in [2.24, 2.45) is 5.92 Å². The number of carbonyl (C=O) groups is 1. The molecule has 2 unspecified atom stereocenters. The van der Waals surface area contributed by atoms with Crippen LogP contribution in [0, 0.1) is 17.2 Å². The van der Waals surface area contributed by atoms with Crippen LogP contribution < -0.4 is 10.6 Å². The Kier molecular flexibility index (Phi) is 5.49. The summed E-state index contributed by atoms with van der Waals surface area (Å²) in [4.78, 5) is 11.8. The van der Waals surface area contributed by atoms with E-state index in [0.717, 1.165) is 24.9 Å². The molecule has 2 atom stereocenters. The van der Waals surface area contributed by atoms with Crippen molar-refractivity contribution in [1.29, 1.82) is 5.26 Å². The third kappa shape index (κ3) is 5.48. The highest BCUT2D eigenvalue weighted by molar-refractivity contribution is 5.67. The normalized spacial score (nSPS) is 20.6. The Hall–Kier alpha value is -2.22. The van der Waals surface area contributed by atoms with Gasteiger partial charge in [-0.2, -0.15) is 5.26 Å². The summed E-state index contributed by atoms with van der Waals surface area (Å²) < 4.78 is 5.27. The van der Waals surface area contributed by atoms with Crippen molar-refractivity contribution in [3.63, 3.8) is 0 Å². The quantitative estimate of drug-likeness (QED) is 0.889. The van der Waals surface area contributed by atoms with Crippen molar-refractivity contribution in [2.75, 3.05) is 11.9 Å². The van der Waals surface area contributed by atoms with Crippen LogP contribution in [-0.2, 0) is 4.74 Å². The molecule has 5 heteroatoms. The van der Waals surface area contributed by atoms with Gasteiger partial charge in [0.1, 0.15) is 5.60 Å². The molecule has 0 aliphatic heterocycles. The summed E-state index contributed by atoms with van der Waals surface area (Å²) in [7, 11) is 0. The molecule has 1 aliphatic carbocycles. The average molecular weight is 315 g/mol. The monoisotopic (exact) mass is 315 g/mol. The second-order valence-corrected chi connectivity index (χ2v) is 7.02. The number of ether oxygens (including phenoxy) is 1. The molecule has 23 heavy (non-hydrogen) atoms. The molecule has 0 bridgehead atoms. The van der Waals surface area contributed by atoms with Gasteiger partial charge in [0.15, 0.2) is 0 Å². The molecule has 0 heterocycles. The lowest BCUT2D eigenvalue weighted by atomic mass is 10.0. The largest absolute Gasteiger partial charge is 0.444 e. The van der Waals surface area contributed by atoms with E-state index < -0.39 is 5.60 Å². The molecule has 1 aliphatic rings. The van der Waals surface area contributed by atoms with Gasteiger partial charge in [0.25, 0.3) is 0 Å². The molecule has 1 saturated carbocycles. The standard InChI is InChI=1S/C18H25N3O2/c1-18(2,3)23-17(22)20-12-14-7-5-9-16(14)21-15-8-4-6-13(10-15)11-19/h4,6,8,10,14,16,21H,5,7,9,12H2,1-3H3,(H,20,22). The van der Waals surface area contributed by atoms with Gasteiger partial charge in [-0.1, -0.05) is 12.5 Å². The molecule has 1 aromatic rings. The van der Waals surface area contributed by atoms with Crippen LogP contribution in [0.1, 0.15) is 45.6 Å². The Morgan fingerprint density at radius 1 is 1.39 bits per heavy atom. The molecule has 2 N–H and O–H groups in total. The van der Waals surface area contributed by atoms with Gasteiger partial charge in [0.05, 0.1) is 11.6 Å². The minimum atomic E-state index is -0.477. The van der Waals surface area contributed by atoms with Crippen molar-refractivity contribution < 1.29 is 9.53 Å². The third-order valence-electron chi connectivity index (χ3n) is 3.91. The maximum atomic E-state index is 11.8. The van der Waals surface area contributed by atoms with Gasteiger partial charge in [0.2, 0.25) is 0 Å². The summed E-state index contributed by atoms with van der Waals surface area (Å²) >= 11 is 0. The number of nitrogens with one attached hydrogen (secondary N) is 2. The van der Waals surface area contributed by atoms with Crippen molar-refractivity contribution >= 4 is 11.8 Å². The first-order valence-corrected chi connectivity index (χ1v) is 8.11. The van der Waals surface area contributed by atoms with Crippen molar-refractivity contribution in [3.05, 3.63) is 29.8 Å². The second-order valence-electron chi connectivity index (χ2n) is 7.02. The lowest BCUT2D eigenvalue weighted by molar-refractivity contribution is 0.0519. The van der Waals surface area contributed by atoms with Crippen LogP contribution in [0.25, 0.3) is 0 Å². The first-order valence-electron chi connectivity index (χ1n) is 8.11. The fourth-order valence-electron chi connectivity index (χ4n) is 2.89. The van der Waals surface area contributed by atoms with Gasteiger partial charge < -0.3 is 15.4 Å². The van der Waals surface area contributed by atoms with Crippen LogP contribution in [0.5, 0.6) is 0 Å². The summed E-state index contributed by atoms with van der Waals surface area (Å²) in [6.45, 7) is 6.17. The number of nitrogens with zero attached hydrogens (tertiary/aromatic N) is 1. The van der Waals surface area contributed by atoms with E-state index in [2.05, 4.69) is 16.7 Å². The fraction of sp³-hybridized carbons (Fsp3) is 0.556. The predicted octanol–water partition coefficient (Wildman–Crippen LogP) is 3.66. The third-order valence-corrected chi connectivity index (χ3v) is 3.91. The number of carbonyl (C=O) groups excluding carboxylic acids is 1. The predicted molar refractivity (Wildman–Crippen MR) is 90.1 cm³/mol. The molecule has 0 spiro atoms. The fourth-order valence-corrected chi connectivity index (χ4v) is 2.89. The van der Waals surface area contributed by atoms with Crippen LogP contribution in [0.4, 0.5) is 10.5 Å². The topological polar surface area (TPSA) is 74.2 Å². The first kappa shape index (κ1) is 17.1. The second kappa shape index (κ2) is 7.36. The van der Waals surface area contributed by atoms with E-state index in [1.54, 1.807) is 6.07 Å². The molecule has 1 amide bonds. The van der Waals surface area contributed by atoms with Gasteiger partial charge in [-0.25, -0.2) is 4.79 Å². The van der Waals surface area contributed by atoms with Gasteiger partial charge in [-0.15, -0.1) is 0 Å². The maximum Gasteiger partial charge on any atom is 0.407 e. The van der Waals surface area contributed by atoms with E-state index in [-0.39, 0.29) is 6.09 Å². The molecule has 0 radical (unpaired) electrons. The number of nitriles is 1. The smallest absolute Gasteiger partial charge is 0.407 e. The minimum Gasteiger partial charge on any atom is -0.444 e. The molecule has 1 aromatic carbocycles. The van der Waals surface area contributed by atoms with E-state index in [0.29, 0.717) is 24.1 Å². The summed E-state index contributed by atoms with van der Waals surface area (Å²) in [6, 6.07) is 9.96. The lowest BCUT2D eigenvalue weighted by Gasteiger charge is -2.24. The summed E-state index contributed by atoms with van der Waals surface area (Å²) in [5, 5.41) is 15.3. The van der Waals surface area contributed by atoms with Crippen molar-refractivity contribution in [1.82, 2.24) is 5.32 Å². The van der Waals surface area contributed by atoms with Crippen molar-refractivity contribution in [2.45, 2.75) is 51.7 Å². The Bertz CT molecular complexity index is 587. The molecule has 2 rings (SSSR count). The molecule has 5 nitrogen and oxygen atoms in total. The summed E-state index contributed by atoms with van der Waals surface area (Å²) in [6.07, 6.45) is 2.91. The number of amides is 1. The maximum absolute atomic E-state index is 11.8. The minimum absolute atomic E-state index is 0.305. The van der Waals surface area contributed by atoms with Crippen LogP contribution in [-0.4, -0.2) is 24.3 Å². The highest BCUT2D eigenvalue weighted by Gasteiger charge is 2.28. The molecular weight excluding hydrogens is 290 g/mol. The summed E-state index contributed by atoms with van der Waals surface area (Å²) in [5.74, 6) is 0.369. The highest BCUT2D eigenvalue weighted by Crippen LogP contribution is 2.28. The number of alkyl carbamates (subject to hydrolysis) is 1. The Morgan fingerprint density at radius 3 is 2.87 bits per heavy atom. The lowest BCUT2D eigenvalue weighted by Crippen LogP contribution is -2.38. The number of hydrogen-bond acceptors (Lipinski definition) is 4. The van der Waals surface area contributed by atoms with Crippen LogP contribution >= 0.6 is 0 Å². The molecular formula is C18H25N3O2. The van der Waals surface area contributed by atoms with Gasteiger partial charge in [0, 0.05) is 18.3 Å². The number of anilines is 1. The van der Waals surface area contributed by atoms with E-state index in [1.165, 1.54) is 0 Å². The Morgan fingerprint density at radius 2 is 2.17 bits per heavy atom. The molecule has 1 fully saturated rings. The van der Waals surface area contributed by atoms with E-state index in [9.17, 15) is 4.79 Å². The van der Waals surface area contributed by atoms with E-state index in [1.807, 2.05) is 39.0 Å². The number of hydrogen-bond donors (Lipinski definition) is 2. The Labute approximate surface area is 138 Å². The van der Waals surface area contributed by atoms with Crippen LogP contribution in [0.15, 0.2) is 24.3 Å². The Balaban J connectivity index is 1.88. The van der Waals surface area contributed by atoms with Gasteiger partial charge in [-0.3, -0.25) is 0 Å².